The maximum absolute atomic E-state index is 12.1. The van der Waals surface area contributed by atoms with Crippen LogP contribution in [0.15, 0.2) is 30.5 Å². The molecule has 1 saturated heterocycles. The van der Waals surface area contributed by atoms with Crippen molar-refractivity contribution < 1.29 is 24.2 Å². The molecule has 8 heteroatoms. The molecule has 1 atom stereocenters. The average molecular weight is 373 g/mol. The Bertz CT molecular complexity index is 811. The highest BCUT2D eigenvalue weighted by atomic mass is 16.5. The molecule has 8 nitrogen and oxygen atoms in total. The molecule has 144 valence electrons. The molecule has 2 N–H and O–H groups in total. The average Bonchev–Trinajstić information content (AvgIpc) is 3.28. The third-order valence-electron chi connectivity index (χ3n) is 4.42. The van der Waals surface area contributed by atoms with Crippen molar-refractivity contribution in [1.82, 2.24) is 9.78 Å². The van der Waals surface area contributed by atoms with E-state index in [1.807, 2.05) is 0 Å². The van der Waals surface area contributed by atoms with E-state index in [0.29, 0.717) is 30.3 Å². The molecule has 2 aromatic rings. The monoisotopic (exact) mass is 373 g/mol. The first-order chi connectivity index (χ1) is 13.0. The molecule has 0 aliphatic carbocycles. The van der Waals surface area contributed by atoms with Crippen molar-refractivity contribution in [2.75, 3.05) is 25.1 Å². The van der Waals surface area contributed by atoms with Gasteiger partial charge in [-0.05, 0) is 38.0 Å². The lowest BCUT2D eigenvalue weighted by Crippen LogP contribution is -2.18. The minimum atomic E-state index is -1.02. The van der Waals surface area contributed by atoms with Crippen LogP contribution in [0.3, 0.4) is 0 Å². The number of aromatic carboxylic acids is 1. The summed E-state index contributed by atoms with van der Waals surface area (Å²) in [4.78, 5) is 23.3. The van der Waals surface area contributed by atoms with Crippen LogP contribution in [0.2, 0.25) is 0 Å². The predicted molar refractivity (Wildman–Crippen MR) is 98.3 cm³/mol. The van der Waals surface area contributed by atoms with Crippen LogP contribution >= 0.6 is 0 Å². The zero-order valence-electron chi connectivity index (χ0n) is 15.2. The lowest BCUT2D eigenvalue weighted by molar-refractivity contribution is -0.117. The van der Waals surface area contributed by atoms with Gasteiger partial charge in [-0.3, -0.25) is 4.79 Å². The number of nitrogens with one attached hydrogen (secondary N) is 1. The second-order valence-electron chi connectivity index (χ2n) is 6.42. The maximum Gasteiger partial charge on any atom is 0.339 e. The summed E-state index contributed by atoms with van der Waals surface area (Å²) in [5.74, 6) is -1.17. The van der Waals surface area contributed by atoms with E-state index >= 15 is 0 Å². The molecule has 1 aliphatic heterocycles. The second kappa shape index (κ2) is 8.79. The fraction of sp³-hybridized carbons (Fsp3) is 0.421. The fourth-order valence-electron chi connectivity index (χ4n) is 2.97. The van der Waals surface area contributed by atoms with Gasteiger partial charge in [-0.1, -0.05) is 6.07 Å². The van der Waals surface area contributed by atoms with E-state index in [1.165, 1.54) is 10.9 Å². The van der Waals surface area contributed by atoms with E-state index in [9.17, 15) is 9.59 Å². The van der Waals surface area contributed by atoms with Crippen LogP contribution in [-0.4, -0.2) is 52.7 Å². The number of hydrogen-bond donors (Lipinski definition) is 2. The molecule has 3 rings (SSSR count). The van der Waals surface area contributed by atoms with Gasteiger partial charge in [0.25, 0.3) is 0 Å². The van der Waals surface area contributed by atoms with Crippen molar-refractivity contribution in [1.29, 1.82) is 0 Å². The van der Waals surface area contributed by atoms with Crippen LogP contribution in [0, 0.1) is 6.92 Å². The highest BCUT2D eigenvalue weighted by Gasteiger charge is 2.16. The summed E-state index contributed by atoms with van der Waals surface area (Å²) in [5.41, 5.74) is 1.96. The van der Waals surface area contributed by atoms with Gasteiger partial charge in [-0.15, -0.1) is 0 Å². The van der Waals surface area contributed by atoms with Crippen LogP contribution in [-0.2, 0) is 14.3 Å². The summed E-state index contributed by atoms with van der Waals surface area (Å²) in [7, 11) is 0. The Kier molecular flexibility index (Phi) is 6.20. The topological polar surface area (TPSA) is 103 Å². The molecular formula is C19H23N3O5. The van der Waals surface area contributed by atoms with Gasteiger partial charge in [0.15, 0.2) is 0 Å². The molecule has 0 saturated carbocycles. The van der Waals surface area contributed by atoms with Gasteiger partial charge in [0.1, 0.15) is 5.56 Å². The Labute approximate surface area is 157 Å². The number of carboxylic acid groups (broad SMARTS) is 1. The van der Waals surface area contributed by atoms with Crippen molar-refractivity contribution in [3.63, 3.8) is 0 Å². The van der Waals surface area contributed by atoms with Gasteiger partial charge >= 0.3 is 5.97 Å². The molecule has 0 bridgehead atoms. The third-order valence-corrected chi connectivity index (χ3v) is 4.42. The standard InChI is InChI=1S/C19H23N3O5/c1-13-17(19(24)25)11-20-22(13)15-5-2-4-14(10-15)21-18(23)7-9-26-12-16-6-3-8-27-16/h2,4-5,10-11,16H,3,6-9,12H2,1H3,(H,21,23)(H,24,25). The lowest BCUT2D eigenvalue weighted by Gasteiger charge is -2.11. The summed E-state index contributed by atoms with van der Waals surface area (Å²) in [6.45, 7) is 3.33. The minimum absolute atomic E-state index is 0.146. The maximum atomic E-state index is 12.1. The number of rotatable bonds is 8. The first-order valence-corrected chi connectivity index (χ1v) is 8.92. The van der Waals surface area contributed by atoms with Crippen molar-refractivity contribution in [2.45, 2.75) is 32.3 Å². The molecule has 2 heterocycles. The number of anilines is 1. The molecule has 1 aromatic carbocycles. The number of carbonyl (C=O) groups is 2. The van der Waals surface area contributed by atoms with Crippen LogP contribution < -0.4 is 5.32 Å². The second-order valence-corrected chi connectivity index (χ2v) is 6.42. The predicted octanol–water partition coefficient (Wildman–Crippen LogP) is 2.40. The van der Waals surface area contributed by atoms with E-state index < -0.39 is 5.97 Å². The first-order valence-electron chi connectivity index (χ1n) is 8.92. The molecule has 1 unspecified atom stereocenters. The van der Waals surface area contributed by atoms with Gasteiger partial charge in [-0.2, -0.15) is 5.10 Å². The molecule has 1 fully saturated rings. The molecule has 0 radical (unpaired) electrons. The van der Waals surface area contributed by atoms with Crippen LogP contribution in [0.4, 0.5) is 5.69 Å². The Morgan fingerprint density at radius 1 is 1.44 bits per heavy atom. The SMILES string of the molecule is Cc1c(C(=O)O)cnn1-c1cccc(NC(=O)CCOCC2CCCO2)c1. The van der Waals surface area contributed by atoms with Crippen LogP contribution in [0.1, 0.15) is 35.3 Å². The van der Waals surface area contributed by atoms with Crippen LogP contribution in [0.25, 0.3) is 5.69 Å². The minimum Gasteiger partial charge on any atom is -0.478 e. The third kappa shape index (κ3) is 4.93. The Balaban J connectivity index is 1.54. The number of amides is 1. The molecule has 0 spiro atoms. The zero-order chi connectivity index (χ0) is 19.2. The summed E-state index contributed by atoms with van der Waals surface area (Å²) >= 11 is 0. The summed E-state index contributed by atoms with van der Waals surface area (Å²) in [5, 5.41) is 16.1. The summed E-state index contributed by atoms with van der Waals surface area (Å²) < 4.78 is 12.5. The molecule has 27 heavy (non-hydrogen) atoms. The quantitative estimate of drug-likeness (QED) is 0.689. The molecule has 1 aromatic heterocycles. The summed E-state index contributed by atoms with van der Waals surface area (Å²) in [6, 6.07) is 7.09. The van der Waals surface area contributed by atoms with Gasteiger partial charge in [-0.25, -0.2) is 9.48 Å². The largest absolute Gasteiger partial charge is 0.478 e. The zero-order valence-corrected chi connectivity index (χ0v) is 15.2. The van der Waals surface area contributed by atoms with Gasteiger partial charge < -0.3 is 19.9 Å². The van der Waals surface area contributed by atoms with E-state index in [-0.39, 0.29) is 24.0 Å². The number of ether oxygens (including phenoxy) is 2. The number of carbonyl (C=O) groups excluding carboxylic acids is 1. The van der Waals surface area contributed by atoms with Crippen molar-refractivity contribution in [3.05, 3.63) is 41.7 Å². The number of hydrogen-bond acceptors (Lipinski definition) is 5. The van der Waals surface area contributed by atoms with E-state index in [0.717, 1.165) is 19.4 Å². The fourth-order valence-corrected chi connectivity index (χ4v) is 2.97. The normalized spacial score (nSPS) is 16.4. The van der Waals surface area contributed by atoms with Crippen molar-refractivity contribution in [3.8, 4) is 5.69 Å². The lowest BCUT2D eigenvalue weighted by atomic mass is 10.2. The van der Waals surface area contributed by atoms with Gasteiger partial charge in [0.2, 0.25) is 5.91 Å². The highest BCUT2D eigenvalue weighted by molar-refractivity contribution is 5.91. The first kappa shape index (κ1) is 19.1. The van der Waals surface area contributed by atoms with Crippen LogP contribution in [0.5, 0.6) is 0 Å². The van der Waals surface area contributed by atoms with E-state index in [1.54, 1.807) is 31.2 Å². The number of nitrogens with zero attached hydrogens (tertiary/aromatic N) is 2. The molecule has 1 aliphatic rings. The smallest absolute Gasteiger partial charge is 0.339 e. The Morgan fingerprint density at radius 2 is 2.30 bits per heavy atom. The Morgan fingerprint density at radius 3 is 3.00 bits per heavy atom. The van der Waals surface area contributed by atoms with E-state index in [4.69, 9.17) is 14.6 Å². The van der Waals surface area contributed by atoms with E-state index in [2.05, 4.69) is 10.4 Å². The Hall–Kier alpha value is -2.71. The number of aromatic nitrogens is 2. The van der Waals surface area contributed by atoms with Crippen molar-refractivity contribution >= 4 is 17.6 Å². The van der Waals surface area contributed by atoms with Crippen molar-refractivity contribution in [2.24, 2.45) is 0 Å². The van der Waals surface area contributed by atoms with Gasteiger partial charge in [0.05, 0.1) is 43.3 Å². The highest BCUT2D eigenvalue weighted by Crippen LogP contribution is 2.18. The summed E-state index contributed by atoms with van der Waals surface area (Å²) in [6.07, 6.45) is 3.79. The molecule has 1 amide bonds. The number of benzene rings is 1. The number of carboxylic acids is 1. The van der Waals surface area contributed by atoms with Gasteiger partial charge in [0, 0.05) is 12.3 Å². The molecular weight excluding hydrogens is 350 g/mol.